The van der Waals surface area contributed by atoms with Crippen LogP contribution in [0.3, 0.4) is 0 Å². The summed E-state index contributed by atoms with van der Waals surface area (Å²) in [5, 5.41) is 50.8. The second-order valence-electron chi connectivity index (χ2n) is 19.1. The zero-order chi connectivity index (χ0) is 58.6. The lowest BCUT2D eigenvalue weighted by molar-refractivity contribution is -0.136. The predicted molar refractivity (Wildman–Crippen MR) is 283 cm³/mol. The van der Waals surface area contributed by atoms with E-state index in [9.17, 15) is 63.0 Å². The first kappa shape index (κ1) is 67.0. The highest BCUT2D eigenvalue weighted by Gasteiger charge is 2.37. The normalized spacial score (nSPS) is 23.4. The van der Waals surface area contributed by atoms with Crippen molar-refractivity contribution < 1.29 is 63.0 Å². The number of nitrogens with two attached hydrogens (primary N) is 5. The maximum Gasteiger partial charge on any atom is 0.315 e. The van der Waals surface area contributed by atoms with E-state index in [-0.39, 0.29) is 70.6 Å². The van der Waals surface area contributed by atoms with Gasteiger partial charge in [0.1, 0.15) is 60.4 Å². The Kier molecular flexibility index (Phi) is 29.8. The van der Waals surface area contributed by atoms with Crippen molar-refractivity contribution in [2.45, 2.75) is 145 Å². The molecule has 1 aliphatic rings. The Hall–Kier alpha value is -7.09. The minimum absolute atomic E-state index is 0.0423. The van der Waals surface area contributed by atoms with Crippen LogP contribution in [-0.4, -0.2) is 194 Å². The number of rotatable bonds is 22. The Labute approximate surface area is 452 Å². The van der Waals surface area contributed by atoms with Gasteiger partial charge in [0.15, 0.2) is 0 Å². The van der Waals surface area contributed by atoms with Crippen LogP contribution in [0.25, 0.3) is 0 Å². The Morgan fingerprint density at radius 3 is 1.58 bits per heavy atom. The first-order valence-corrected chi connectivity index (χ1v) is 25.8. The van der Waals surface area contributed by atoms with E-state index in [1.165, 1.54) is 14.0 Å². The van der Waals surface area contributed by atoms with Crippen molar-refractivity contribution >= 4 is 65.1 Å². The van der Waals surface area contributed by atoms with Gasteiger partial charge in [-0.25, -0.2) is 4.79 Å². The van der Waals surface area contributed by atoms with Crippen molar-refractivity contribution in [1.82, 2.24) is 63.8 Å². The minimum atomic E-state index is -1.73. The topological polar surface area (TPSA) is 503 Å². The average molecular weight is 1110 g/mol. The van der Waals surface area contributed by atoms with Crippen LogP contribution in [0, 0.1) is 5.92 Å². The molecule has 0 aromatic heterocycles. The molecule has 1 aliphatic heterocycles. The smallest absolute Gasteiger partial charge is 0.315 e. The molecule has 12 amide bonds. The summed E-state index contributed by atoms with van der Waals surface area (Å²) in [5.41, 5.74) is 29.7. The number of hydrogen-bond donors (Lipinski definition) is 19. The predicted octanol–water partition coefficient (Wildman–Crippen LogP) is -8.43. The fourth-order valence-electron chi connectivity index (χ4n) is 7.90. The van der Waals surface area contributed by atoms with Gasteiger partial charge in [0.2, 0.25) is 59.1 Å². The van der Waals surface area contributed by atoms with Crippen LogP contribution >= 0.6 is 0 Å². The zero-order valence-corrected chi connectivity index (χ0v) is 44.9. The van der Waals surface area contributed by atoms with Crippen molar-refractivity contribution in [3.05, 3.63) is 35.9 Å². The molecule has 0 bridgehead atoms. The van der Waals surface area contributed by atoms with Crippen molar-refractivity contribution in [3.8, 4) is 0 Å². The fraction of sp³-hybridized carbons (Fsp3) is 0.646. The van der Waals surface area contributed by atoms with Crippen LogP contribution in [0.15, 0.2) is 30.3 Å². The Balaban J connectivity index is 2.71. The number of carbonyl (C=O) groups is 11. The van der Waals surface area contributed by atoms with E-state index in [1.807, 2.05) is 0 Å². The number of urea groups is 1. The molecular weight excluding hydrogens is 1020 g/mol. The summed E-state index contributed by atoms with van der Waals surface area (Å²) >= 11 is 0. The molecule has 78 heavy (non-hydrogen) atoms. The second kappa shape index (κ2) is 34.6. The lowest BCUT2D eigenvalue weighted by Crippen LogP contribution is -2.63. The third-order valence-electron chi connectivity index (χ3n) is 12.2. The highest BCUT2D eigenvalue weighted by atomic mass is 16.3. The maximum absolute atomic E-state index is 14.4. The van der Waals surface area contributed by atoms with E-state index in [1.54, 1.807) is 44.2 Å². The molecule has 1 fully saturated rings. The molecule has 0 aliphatic carbocycles. The van der Waals surface area contributed by atoms with Crippen LogP contribution < -0.4 is 92.5 Å². The number of amides is 12. The van der Waals surface area contributed by atoms with Gasteiger partial charge < -0.3 is 103 Å². The van der Waals surface area contributed by atoms with E-state index in [0.717, 1.165) is 6.92 Å². The number of hydrogen-bond acceptors (Lipinski definition) is 18. The third kappa shape index (κ3) is 22.5. The molecule has 1 heterocycles. The van der Waals surface area contributed by atoms with Crippen molar-refractivity contribution in [3.63, 3.8) is 0 Å². The second-order valence-corrected chi connectivity index (χ2v) is 19.1. The summed E-state index contributed by atoms with van der Waals surface area (Å²) in [6.07, 6.45) is -4.33. The van der Waals surface area contributed by atoms with Crippen LogP contribution in [0.2, 0.25) is 0 Å². The van der Waals surface area contributed by atoms with Crippen molar-refractivity contribution in [1.29, 1.82) is 0 Å². The minimum Gasteiger partial charge on any atom is -0.391 e. The summed E-state index contributed by atoms with van der Waals surface area (Å²) in [6, 6.07) is -7.26. The van der Waals surface area contributed by atoms with E-state index in [0.29, 0.717) is 5.56 Å². The summed E-state index contributed by atoms with van der Waals surface area (Å²) in [5.74, 6) is -9.80. The highest BCUT2D eigenvalue weighted by molar-refractivity contribution is 5.99. The van der Waals surface area contributed by atoms with Crippen LogP contribution in [0.4, 0.5) is 4.79 Å². The lowest BCUT2D eigenvalue weighted by atomic mass is 10.00. The molecule has 1 aromatic carbocycles. The molecule has 0 unspecified atom stereocenters. The molecule has 24 N–H and O–H groups in total. The lowest BCUT2D eigenvalue weighted by Gasteiger charge is -2.28. The number of benzene rings is 1. The van der Waals surface area contributed by atoms with Gasteiger partial charge in [-0.05, 0) is 90.0 Å². The van der Waals surface area contributed by atoms with E-state index in [4.69, 9.17) is 28.7 Å². The number of aliphatic hydroxyl groups is 2. The van der Waals surface area contributed by atoms with Crippen LogP contribution in [0.5, 0.6) is 0 Å². The van der Waals surface area contributed by atoms with Gasteiger partial charge in [-0.1, -0.05) is 44.2 Å². The first-order chi connectivity index (χ1) is 36.9. The van der Waals surface area contributed by atoms with E-state index >= 15 is 0 Å². The fourth-order valence-corrected chi connectivity index (χ4v) is 7.90. The third-order valence-corrected chi connectivity index (χ3v) is 12.2. The van der Waals surface area contributed by atoms with Crippen LogP contribution in [0.1, 0.15) is 71.8 Å². The maximum atomic E-state index is 14.4. The quantitative estimate of drug-likeness (QED) is 0.0513. The Morgan fingerprint density at radius 1 is 0.590 bits per heavy atom. The summed E-state index contributed by atoms with van der Waals surface area (Å²) in [7, 11) is 1.30. The Bertz CT molecular complexity index is 2170. The monoisotopic (exact) mass is 1110 g/mol. The standard InChI is InChI=1S/C48H83N17O13/c1-24(2)21-33-43(73)58-28(11-16-49)38(68)57-30(13-18-51)41(71)64-36(25(3)66)46(76)55-20-15-32(40(70)56-29(12-17-50)39(69)61-34(44(74)60-33)22-27-9-7-6-8-10-27)59-45(75)35(23-53)62-47(77)37(26(4)67)65-42(72)31(14-19-52)63-48(78)54-5/h6-10,24-26,28-37,66-67H,11-23,49-53H2,1-5H3,(H,55,76)(H,56,70)(H,57,68)(H,58,73)(H,59,75)(H,60,74)(H,61,69)(H,62,77)(H,64,71)(H,65,72)(H2,54,63,78)/t25-,26-,28+,29+,30+,31+,32+,33+,34-,35+,36+,37+/m1/s1. The molecule has 0 spiro atoms. The van der Waals surface area contributed by atoms with Crippen LogP contribution in [-0.2, 0) is 54.4 Å². The van der Waals surface area contributed by atoms with E-state index in [2.05, 4.69) is 63.8 Å². The van der Waals surface area contributed by atoms with E-state index < -0.39 is 157 Å². The Morgan fingerprint density at radius 2 is 1.09 bits per heavy atom. The molecule has 0 radical (unpaired) electrons. The number of nitrogens with one attached hydrogen (secondary N) is 12. The van der Waals surface area contributed by atoms with Gasteiger partial charge in [0.25, 0.3) is 0 Å². The molecular formula is C48H83N17O13. The molecule has 438 valence electrons. The van der Waals surface area contributed by atoms with Gasteiger partial charge in [-0.15, -0.1) is 0 Å². The summed E-state index contributed by atoms with van der Waals surface area (Å²) in [4.78, 5) is 151. The summed E-state index contributed by atoms with van der Waals surface area (Å²) < 4.78 is 0. The first-order valence-electron chi connectivity index (χ1n) is 25.8. The largest absolute Gasteiger partial charge is 0.391 e. The average Bonchev–Trinajstić information content (AvgIpc) is 3.38. The van der Waals surface area contributed by atoms with Gasteiger partial charge in [-0.2, -0.15) is 0 Å². The molecule has 30 nitrogen and oxygen atoms in total. The van der Waals surface area contributed by atoms with Crippen molar-refractivity contribution in [2.24, 2.45) is 34.6 Å². The summed E-state index contributed by atoms with van der Waals surface area (Å²) in [6.45, 7) is 4.28. The number of carbonyl (C=O) groups excluding carboxylic acids is 11. The highest BCUT2D eigenvalue weighted by Crippen LogP contribution is 2.11. The zero-order valence-electron chi connectivity index (χ0n) is 44.9. The molecule has 0 saturated carbocycles. The van der Waals surface area contributed by atoms with Gasteiger partial charge >= 0.3 is 6.03 Å². The van der Waals surface area contributed by atoms with Gasteiger partial charge in [0.05, 0.1) is 12.2 Å². The van der Waals surface area contributed by atoms with Gasteiger partial charge in [-0.3, -0.25) is 47.9 Å². The molecule has 30 heteroatoms. The molecule has 12 atom stereocenters. The molecule has 1 saturated heterocycles. The number of aliphatic hydroxyl groups excluding tert-OH is 2. The van der Waals surface area contributed by atoms with Crippen molar-refractivity contribution in [2.75, 3.05) is 46.3 Å². The molecule has 2 rings (SSSR count). The SMILES string of the molecule is CNC(=O)N[C@@H](CCN)C(=O)N[C@H](C(=O)N[C@@H](CN)C(=O)N[C@H]1CCNC(=O)[C@H]([C@@H](C)O)NC(=O)[C@H](CCN)NC(=O)[C@H](CCN)NC(=O)[C@H](CC(C)C)NC(=O)[C@@H](Cc2ccccc2)NC(=O)[C@H](CCN)NC1=O)[C@@H](C)O. The van der Waals surface area contributed by atoms with Gasteiger partial charge in [0, 0.05) is 26.6 Å². The molecule has 1 aromatic rings.